The molecule has 0 spiro atoms. The van der Waals surface area contributed by atoms with Crippen molar-refractivity contribution in [2.24, 2.45) is 0 Å². The van der Waals surface area contributed by atoms with Crippen molar-refractivity contribution in [2.45, 2.75) is 32.2 Å². The number of hydrogen-bond acceptors (Lipinski definition) is 5. The molecule has 25 heavy (non-hydrogen) atoms. The van der Waals surface area contributed by atoms with Gasteiger partial charge in [-0.15, -0.1) is 0 Å². The monoisotopic (exact) mass is 337 g/mol. The lowest BCUT2D eigenvalue weighted by Crippen LogP contribution is -2.27. The summed E-state index contributed by atoms with van der Waals surface area (Å²) in [7, 11) is 1.74. The fraction of sp³-hybridized carbons (Fsp3) is 0.316. The van der Waals surface area contributed by atoms with Gasteiger partial charge >= 0.3 is 0 Å². The van der Waals surface area contributed by atoms with Gasteiger partial charge in [0.1, 0.15) is 11.5 Å². The van der Waals surface area contributed by atoms with E-state index < -0.39 is 0 Å². The number of benzene rings is 1. The fourth-order valence-corrected chi connectivity index (χ4v) is 3.18. The van der Waals surface area contributed by atoms with Crippen LogP contribution in [0.4, 0.5) is 0 Å². The van der Waals surface area contributed by atoms with Crippen molar-refractivity contribution < 1.29 is 13.8 Å². The van der Waals surface area contributed by atoms with Crippen molar-refractivity contribution in [3.05, 3.63) is 59.1 Å². The van der Waals surface area contributed by atoms with Gasteiger partial charge in [-0.05, 0) is 19.3 Å². The van der Waals surface area contributed by atoms with Crippen molar-refractivity contribution in [1.29, 1.82) is 0 Å². The van der Waals surface area contributed by atoms with Crippen LogP contribution in [0.5, 0.6) is 0 Å². The number of nitrogens with zero attached hydrogens (tertiary/aromatic N) is 3. The van der Waals surface area contributed by atoms with Crippen molar-refractivity contribution in [1.82, 2.24) is 15.2 Å². The van der Waals surface area contributed by atoms with Crippen LogP contribution in [0.1, 0.15) is 40.3 Å². The zero-order chi connectivity index (χ0) is 17.2. The van der Waals surface area contributed by atoms with Gasteiger partial charge in [0.15, 0.2) is 11.5 Å². The van der Waals surface area contributed by atoms with Crippen LogP contribution in [-0.2, 0) is 19.4 Å². The third-order valence-electron chi connectivity index (χ3n) is 4.55. The van der Waals surface area contributed by atoms with E-state index in [0.29, 0.717) is 18.0 Å². The minimum Gasteiger partial charge on any atom is -0.361 e. The summed E-state index contributed by atoms with van der Waals surface area (Å²) < 4.78 is 10.7. The lowest BCUT2D eigenvalue weighted by Gasteiger charge is -2.15. The molecule has 6 nitrogen and oxygen atoms in total. The first-order valence-corrected chi connectivity index (χ1v) is 8.46. The Hall–Kier alpha value is -2.89. The molecular weight excluding hydrogens is 318 g/mol. The lowest BCUT2D eigenvalue weighted by molar-refractivity contribution is 0.0771. The third kappa shape index (κ3) is 3.07. The first kappa shape index (κ1) is 15.6. The summed E-state index contributed by atoms with van der Waals surface area (Å²) in [5.41, 5.74) is 3.19. The molecule has 2 aromatic heterocycles. The highest BCUT2D eigenvalue weighted by Gasteiger charge is 2.23. The summed E-state index contributed by atoms with van der Waals surface area (Å²) in [5, 5.41) is 8.07. The van der Waals surface area contributed by atoms with Gasteiger partial charge in [0.05, 0.1) is 6.54 Å². The molecule has 0 aliphatic heterocycles. The molecule has 4 rings (SSSR count). The minimum absolute atomic E-state index is 0.196. The Morgan fingerprint density at radius 1 is 1.12 bits per heavy atom. The lowest BCUT2D eigenvalue weighted by atomic mass is 9.96. The van der Waals surface area contributed by atoms with Crippen LogP contribution in [0.2, 0.25) is 0 Å². The van der Waals surface area contributed by atoms with Crippen molar-refractivity contribution in [3.63, 3.8) is 0 Å². The largest absolute Gasteiger partial charge is 0.361 e. The molecule has 0 unspecified atom stereocenters. The van der Waals surface area contributed by atoms with Gasteiger partial charge in [0, 0.05) is 30.7 Å². The SMILES string of the molecule is CN(Cc1noc2c1CCCC2)C(=O)c1cc(-c2ccccc2)on1. The van der Waals surface area contributed by atoms with Crippen LogP contribution in [0.3, 0.4) is 0 Å². The smallest absolute Gasteiger partial charge is 0.276 e. The summed E-state index contributed by atoms with van der Waals surface area (Å²) in [5.74, 6) is 1.35. The maximum atomic E-state index is 12.6. The molecule has 0 bridgehead atoms. The molecule has 128 valence electrons. The van der Waals surface area contributed by atoms with Crippen LogP contribution in [0.25, 0.3) is 11.3 Å². The van der Waals surface area contributed by atoms with E-state index in [0.717, 1.165) is 48.3 Å². The van der Waals surface area contributed by atoms with E-state index in [-0.39, 0.29) is 5.91 Å². The number of amides is 1. The van der Waals surface area contributed by atoms with E-state index in [1.165, 1.54) is 0 Å². The summed E-state index contributed by atoms with van der Waals surface area (Å²) in [6, 6.07) is 11.3. The average molecular weight is 337 g/mol. The average Bonchev–Trinajstić information content (AvgIpc) is 3.30. The molecule has 0 atom stereocenters. The topological polar surface area (TPSA) is 72.4 Å². The molecule has 0 radical (unpaired) electrons. The molecule has 0 fully saturated rings. The highest BCUT2D eigenvalue weighted by molar-refractivity contribution is 5.92. The molecule has 3 aromatic rings. The number of fused-ring (bicyclic) bond motifs is 1. The first-order valence-electron chi connectivity index (χ1n) is 8.46. The number of hydrogen-bond donors (Lipinski definition) is 0. The Balaban J connectivity index is 1.49. The Labute approximate surface area is 145 Å². The van der Waals surface area contributed by atoms with Crippen LogP contribution in [0.15, 0.2) is 45.4 Å². The number of aryl methyl sites for hydroxylation is 1. The van der Waals surface area contributed by atoms with E-state index in [1.807, 2.05) is 30.3 Å². The van der Waals surface area contributed by atoms with Crippen molar-refractivity contribution in [2.75, 3.05) is 7.05 Å². The normalized spacial score (nSPS) is 13.5. The van der Waals surface area contributed by atoms with E-state index in [4.69, 9.17) is 9.05 Å². The summed E-state index contributed by atoms with van der Waals surface area (Å²) in [6.07, 6.45) is 4.18. The van der Waals surface area contributed by atoms with Crippen LogP contribution in [-0.4, -0.2) is 28.2 Å². The zero-order valence-corrected chi connectivity index (χ0v) is 14.1. The number of aromatic nitrogens is 2. The fourth-order valence-electron chi connectivity index (χ4n) is 3.18. The number of carbonyl (C=O) groups is 1. The predicted molar refractivity (Wildman–Crippen MR) is 90.9 cm³/mol. The third-order valence-corrected chi connectivity index (χ3v) is 4.55. The second-order valence-electron chi connectivity index (χ2n) is 6.34. The van der Waals surface area contributed by atoms with Crippen LogP contribution < -0.4 is 0 Å². The predicted octanol–water partition coefficient (Wildman–Crippen LogP) is 3.48. The molecule has 1 aliphatic carbocycles. The second kappa shape index (κ2) is 6.55. The maximum absolute atomic E-state index is 12.6. The van der Waals surface area contributed by atoms with E-state index >= 15 is 0 Å². The number of rotatable bonds is 4. The summed E-state index contributed by atoms with van der Waals surface area (Å²) in [6.45, 7) is 0.408. The van der Waals surface area contributed by atoms with Gasteiger partial charge in [0.2, 0.25) is 0 Å². The van der Waals surface area contributed by atoms with Crippen LogP contribution >= 0.6 is 0 Å². The Morgan fingerprint density at radius 3 is 2.76 bits per heavy atom. The van der Waals surface area contributed by atoms with Crippen molar-refractivity contribution >= 4 is 5.91 Å². The van der Waals surface area contributed by atoms with Gasteiger partial charge in [0.25, 0.3) is 5.91 Å². The molecule has 2 heterocycles. The van der Waals surface area contributed by atoms with E-state index in [9.17, 15) is 4.79 Å². The Kier molecular flexibility index (Phi) is 4.09. The van der Waals surface area contributed by atoms with E-state index in [2.05, 4.69) is 10.3 Å². The van der Waals surface area contributed by atoms with Gasteiger partial charge in [-0.2, -0.15) is 0 Å². The molecule has 0 N–H and O–H groups in total. The highest BCUT2D eigenvalue weighted by atomic mass is 16.5. The molecule has 1 aromatic carbocycles. The first-order chi connectivity index (χ1) is 12.2. The van der Waals surface area contributed by atoms with Gasteiger partial charge in [-0.25, -0.2) is 0 Å². The Bertz CT molecular complexity index is 882. The Morgan fingerprint density at radius 2 is 1.92 bits per heavy atom. The summed E-state index contributed by atoms with van der Waals surface area (Å²) in [4.78, 5) is 14.2. The van der Waals surface area contributed by atoms with E-state index in [1.54, 1.807) is 18.0 Å². The molecule has 1 amide bonds. The molecule has 1 aliphatic rings. The van der Waals surface area contributed by atoms with Gasteiger partial charge < -0.3 is 13.9 Å². The van der Waals surface area contributed by atoms with Gasteiger partial charge in [-0.1, -0.05) is 40.6 Å². The molecule has 6 heteroatoms. The second-order valence-corrected chi connectivity index (χ2v) is 6.34. The highest BCUT2D eigenvalue weighted by Crippen LogP contribution is 2.25. The molecular formula is C19H19N3O3. The molecule has 0 saturated carbocycles. The van der Waals surface area contributed by atoms with Crippen LogP contribution in [0, 0.1) is 0 Å². The maximum Gasteiger partial charge on any atom is 0.276 e. The standard InChI is InChI=1S/C19H19N3O3/c1-22(12-16-14-9-5-6-10-17(14)24-21-16)19(23)15-11-18(25-20-15)13-7-3-2-4-8-13/h2-4,7-8,11H,5-6,9-10,12H2,1H3. The quantitative estimate of drug-likeness (QED) is 0.729. The van der Waals surface area contributed by atoms with Gasteiger partial charge in [-0.3, -0.25) is 4.79 Å². The zero-order valence-electron chi connectivity index (χ0n) is 14.1. The summed E-state index contributed by atoms with van der Waals surface area (Å²) >= 11 is 0. The number of carbonyl (C=O) groups excluding carboxylic acids is 1. The molecule has 0 saturated heterocycles. The minimum atomic E-state index is -0.196. The van der Waals surface area contributed by atoms with Crippen molar-refractivity contribution in [3.8, 4) is 11.3 Å².